The molecule has 0 saturated carbocycles. The lowest BCUT2D eigenvalue weighted by Crippen LogP contribution is -2.58. The van der Waals surface area contributed by atoms with Crippen LogP contribution in [0.15, 0.2) is 28.9 Å². The highest BCUT2D eigenvalue weighted by molar-refractivity contribution is 5.53. The number of terminal acetylenes is 1. The van der Waals surface area contributed by atoms with Crippen molar-refractivity contribution in [3.8, 4) is 23.8 Å². The topological polar surface area (TPSA) is 80.0 Å². The first-order valence-electron chi connectivity index (χ1n) is 9.23. The second-order valence-electron chi connectivity index (χ2n) is 7.44. The number of hydrogen-bond acceptors (Lipinski definition) is 7. The van der Waals surface area contributed by atoms with E-state index in [4.69, 9.17) is 10.8 Å². The molecule has 0 amide bonds. The number of nitrogens with one attached hydrogen (secondary N) is 1. The minimum atomic E-state index is -1.66. The molecule has 0 bridgehead atoms. The zero-order valence-electron chi connectivity index (χ0n) is 15.6. The van der Waals surface area contributed by atoms with Crippen LogP contribution in [0.4, 0.5) is 25.1 Å². The van der Waals surface area contributed by atoms with Gasteiger partial charge in [-0.3, -0.25) is 0 Å². The summed E-state index contributed by atoms with van der Waals surface area (Å²) in [5, 5.41) is 11.0. The van der Waals surface area contributed by atoms with Crippen molar-refractivity contribution in [1.29, 1.82) is 0 Å². The second-order valence-corrected chi connectivity index (χ2v) is 7.44. The fourth-order valence-electron chi connectivity index (χ4n) is 3.66. The number of alkyl halides is 1. The summed E-state index contributed by atoms with van der Waals surface area (Å²) in [6.07, 6.45) is 9.28. The molecule has 0 atom stereocenters. The van der Waals surface area contributed by atoms with Crippen LogP contribution < -0.4 is 10.2 Å². The summed E-state index contributed by atoms with van der Waals surface area (Å²) >= 11 is 0. The highest BCUT2D eigenvalue weighted by atomic mass is 19.2. The van der Waals surface area contributed by atoms with Crippen molar-refractivity contribution in [3.63, 3.8) is 0 Å². The van der Waals surface area contributed by atoms with Gasteiger partial charge in [0.15, 0.2) is 11.6 Å². The number of aromatic nitrogens is 4. The van der Waals surface area contributed by atoms with Crippen LogP contribution in [-0.4, -0.2) is 45.0 Å². The Labute approximate surface area is 169 Å². The molecule has 1 aromatic carbocycles. The van der Waals surface area contributed by atoms with Crippen molar-refractivity contribution < 1.29 is 17.6 Å². The van der Waals surface area contributed by atoms with Gasteiger partial charge in [0, 0.05) is 18.4 Å². The smallest absolute Gasteiger partial charge is 0.318 e. The summed E-state index contributed by atoms with van der Waals surface area (Å²) in [4.78, 5) is 10.0. The van der Waals surface area contributed by atoms with Gasteiger partial charge in [-0.15, -0.1) is 11.5 Å². The van der Waals surface area contributed by atoms with Crippen LogP contribution in [0.2, 0.25) is 0 Å². The van der Waals surface area contributed by atoms with Gasteiger partial charge in [-0.25, -0.2) is 23.1 Å². The highest BCUT2D eigenvalue weighted by Gasteiger charge is 2.44. The van der Waals surface area contributed by atoms with Crippen LogP contribution >= 0.6 is 0 Å². The van der Waals surface area contributed by atoms with E-state index in [1.807, 2.05) is 0 Å². The molecule has 152 valence electrons. The maximum Gasteiger partial charge on any atom is 0.318 e. The third-order valence-electron chi connectivity index (χ3n) is 5.23. The number of rotatable bonds is 4. The summed E-state index contributed by atoms with van der Waals surface area (Å²) < 4.78 is 46.1. The molecule has 2 aliphatic rings. The Balaban J connectivity index is 1.23. The fourth-order valence-corrected chi connectivity index (χ4v) is 3.66. The van der Waals surface area contributed by atoms with E-state index in [0.29, 0.717) is 24.4 Å². The molecule has 1 N–H and O–H groups in total. The van der Waals surface area contributed by atoms with Gasteiger partial charge < -0.3 is 14.6 Å². The summed E-state index contributed by atoms with van der Waals surface area (Å²) in [5.41, 5.74) is 0.383. The first-order valence-corrected chi connectivity index (χ1v) is 9.23. The van der Waals surface area contributed by atoms with Crippen LogP contribution in [0.5, 0.6) is 0 Å². The van der Waals surface area contributed by atoms with E-state index in [2.05, 4.69) is 31.4 Å². The minimum Gasteiger partial charge on any atom is -0.403 e. The van der Waals surface area contributed by atoms with Gasteiger partial charge in [0.25, 0.3) is 5.89 Å². The van der Waals surface area contributed by atoms with Gasteiger partial charge in [-0.1, -0.05) is 11.0 Å². The molecular formula is C20H15F3N6O. The molecule has 10 heteroatoms. The number of nitrogens with zero attached hydrogens (tertiary/aromatic N) is 5. The maximum atomic E-state index is 13.8. The molecule has 1 aliphatic carbocycles. The highest BCUT2D eigenvalue weighted by Crippen LogP contribution is 2.31. The number of anilines is 2. The van der Waals surface area contributed by atoms with Crippen LogP contribution in [-0.2, 0) is 12.8 Å². The lowest BCUT2D eigenvalue weighted by molar-refractivity contribution is 0.185. The lowest BCUT2D eigenvalue weighted by Gasteiger charge is -2.39. The molecule has 0 spiro atoms. The third-order valence-corrected chi connectivity index (χ3v) is 5.23. The molecule has 30 heavy (non-hydrogen) atoms. The van der Waals surface area contributed by atoms with Crippen LogP contribution in [0, 0.1) is 24.0 Å². The molecule has 0 unspecified atom stereocenters. The molecular weight excluding hydrogens is 397 g/mol. The second kappa shape index (κ2) is 6.73. The van der Waals surface area contributed by atoms with Crippen LogP contribution in [0.1, 0.15) is 11.1 Å². The summed E-state index contributed by atoms with van der Waals surface area (Å²) in [7, 11) is 0. The van der Waals surface area contributed by atoms with Crippen LogP contribution in [0.3, 0.4) is 0 Å². The van der Waals surface area contributed by atoms with Crippen molar-refractivity contribution in [1.82, 2.24) is 20.2 Å². The number of hydrogen-bond donors (Lipinski definition) is 1. The van der Waals surface area contributed by atoms with Gasteiger partial charge in [0.05, 0.1) is 18.7 Å². The summed E-state index contributed by atoms with van der Waals surface area (Å²) in [5.74, 6) is 0.986. The quantitative estimate of drug-likeness (QED) is 0.660. The van der Waals surface area contributed by atoms with E-state index >= 15 is 0 Å². The fraction of sp³-hybridized carbons (Fsp3) is 0.300. The molecule has 0 radical (unpaired) electrons. The van der Waals surface area contributed by atoms with Crippen molar-refractivity contribution in [2.75, 3.05) is 23.3 Å². The predicted molar refractivity (Wildman–Crippen MR) is 101 cm³/mol. The first kappa shape index (κ1) is 18.4. The van der Waals surface area contributed by atoms with Gasteiger partial charge in [0.1, 0.15) is 0 Å². The van der Waals surface area contributed by atoms with E-state index < -0.39 is 17.3 Å². The molecule has 3 heterocycles. The number of benzene rings is 1. The van der Waals surface area contributed by atoms with Crippen molar-refractivity contribution in [3.05, 3.63) is 47.3 Å². The molecule has 1 aliphatic heterocycles. The van der Waals surface area contributed by atoms with Gasteiger partial charge >= 0.3 is 6.01 Å². The average Bonchev–Trinajstić information content (AvgIpc) is 3.33. The van der Waals surface area contributed by atoms with Gasteiger partial charge in [-0.2, -0.15) is 0 Å². The SMILES string of the molecule is C#CC1(F)CN(c2nnc(-c3cnc(NC4Cc5cc(F)c(F)cc5C4)nc3)o2)C1. The summed E-state index contributed by atoms with van der Waals surface area (Å²) in [6.45, 7) is 0.00410. The maximum absolute atomic E-state index is 13.8. The number of halogens is 3. The molecule has 1 fully saturated rings. The van der Waals surface area contributed by atoms with Gasteiger partial charge in [0.2, 0.25) is 11.6 Å². The minimum absolute atomic E-state index is 0.00205. The van der Waals surface area contributed by atoms with Crippen LogP contribution in [0.25, 0.3) is 11.5 Å². The molecule has 7 nitrogen and oxygen atoms in total. The summed E-state index contributed by atoms with van der Waals surface area (Å²) in [6, 6.07) is 2.58. The number of fused-ring (bicyclic) bond motifs is 1. The molecule has 2 aromatic heterocycles. The van der Waals surface area contributed by atoms with Gasteiger partial charge in [-0.05, 0) is 36.1 Å². The average molecular weight is 412 g/mol. The molecule has 5 rings (SSSR count). The zero-order chi connectivity index (χ0) is 20.9. The van der Waals surface area contributed by atoms with Crippen molar-refractivity contribution in [2.24, 2.45) is 0 Å². The Morgan fingerprint density at radius 3 is 2.33 bits per heavy atom. The normalized spacial score (nSPS) is 17.3. The van der Waals surface area contributed by atoms with E-state index in [0.717, 1.165) is 11.1 Å². The van der Waals surface area contributed by atoms with E-state index in [1.165, 1.54) is 24.5 Å². The Kier molecular flexibility index (Phi) is 4.13. The third kappa shape index (κ3) is 3.22. The Hall–Kier alpha value is -3.61. The molecule has 3 aromatic rings. The standard InChI is InChI=1S/C20H15F3N6O/c1-2-20(23)9-29(10-20)19-28-27-17(30-19)13-7-24-18(25-8-13)26-14-3-11-5-15(21)16(22)6-12(11)4-14/h1,5-8,14H,3-4,9-10H2,(H,24,25,26). The predicted octanol–water partition coefficient (Wildman–Crippen LogP) is 2.55. The Morgan fingerprint density at radius 1 is 1.10 bits per heavy atom. The molecule has 1 saturated heterocycles. The van der Waals surface area contributed by atoms with Crippen molar-refractivity contribution in [2.45, 2.75) is 24.6 Å². The largest absolute Gasteiger partial charge is 0.403 e. The van der Waals surface area contributed by atoms with Crippen molar-refractivity contribution >= 4 is 12.0 Å². The Morgan fingerprint density at radius 2 is 1.73 bits per heavy atom. The Bertz CT molecular complexity index is 1120. The zero-order valence-corrected chi connectivity index (χ0v) is 15.6. The monoisotopic (exact) mass is 412 g/mol. The first-order chi connectivity index (χ1) is 14.4. The van der Waals surface area contributed by atoms with E-state index in [1.54, 1.807) is 4.90 Å². The van der Waals surface area contributed by atoms with E-state index in [9.17, 15) is 13.2 Å². The lowest BCUT2D eigenvalue weighted by atomic mass is 9.98. The van der Waals surface area contributed by atoms with E-state index in [-0.39, 0.29) is 31.0 Å².